The number of likely N-dealkylation sites (N-methyl/N-ethyl adjacent to an activating group) is 1. The largest absolute Gasteiger partial charge is 0.744 e. The number of ether oxygens (including phenoxy) is 1. The fraction of sp³-hybridized carbons (Fsp3) is 0.218. The van der Waals surface area contributed by atoms with E-state index in [2.05, 4.69) is 161 Å². The van der Waals surface area contributed by atoms with Crippen molar-refractivity contribution in [3.8, 4) is 5.75 Å². The number of para-hydroxylation sites is 1. The van der Waals surface area contributed by atoms with Crippen LogP contribution in [-0.2, 0) is 20.9 Å². The van der Waals surface area contributed by atoms with Crippen LogP contribution in [0.2, 0.25) is 0 Å². The van der Waals surface area contributed by atoms with Gasteiger partial charge in [0.15, 0.2) is 5.71 Å². The lowest BCUT2D eigenvalue weighted by Crippen LogP contribution is -2.27. The van der Waals surface area contributed by atoms with E-state index in [0.717, 1.165) is 36.3 Å². The van der Waals surface area contributed by atoms with Crippen LogP contribution in [0.4, 0.5) is 11.4 Å². The van der Waals surface area contributed by atoms with Crippen LogP contribution in [0.5, 0.6) is 5.75 Å². The molecule has 0 spiro atoms. The van der Waals surface area contributed by atoms with E-state index in [0.29, 0.717) is 0 Å². The third-order valence-corrected chi connectivity index (χ3v) is 13.5. The first-order chi connectivity index (χ1) is 29.7. The Balaban J connectivity index is 0.000000421. The predicted octanol–water partition coefficient (Wildman–Crippen LogP) is 12.8. The van der Waals surface area contributed by atoms with Crippen molar-refractivity contribution >= 4 is 48.7 Å². The van der Waals surface area contributed by atoms with E-state index in [1.807, 2.05) is 37.3 Å². The Morgan fingerprint density at radius 1 is 0.694 bits per heavy atom. The molecule has 0 radical (unpaired) electrons. The average molecular weight is 839 g/mol. The molecule has 62 heavy (non-hydrogen) atoms. The molecule has 0 unspecified atom stereocenters. The number of fused-ring (bicyclic) bond motifs is 6. The fourth-order valence-electron chi connectivity index (χ4n) is 9.55. The van der Waals surface area contributed by atoms with Gasteiger partial charge >= 0.3 is 0 Å². The van der Waals surface area contributed by atoms with Gasteiger partial charge in [-0.15, -0.1) is 0 Å². The zero-order valence-corrected chi connectivity index (χ0v) is 37.5. The minimum Gasteiger partial charge on any atom is -0.744 e. The normalized spacial score (nSPS) is 18.3. The van der Waals surface area contributed by atoms with Crippen molar-refractivity contribution in [3.05, 3.63) is 203 Å². The van der Waals surface area contributed by atoms with E-state index >= 15 is 0 Å². The Morgan fingerprint density at radius 3 is 1.98 bits per heavy atom. The molecule has 0 saturated heterocycles. The summed E-state index contributed by atoms with van der Waals surface area (Å²) in [4.78, 5) is 2.18. The molecule has 6 nitrogen and oxygen atoms in total. The standard InChI is InChI=1S/C48H47N2O.C7H8O3S/c1-47(2)42(49(5)40-30-27-33-17-10-13-24-38(33)44(40)47)26-15-12-19-35-20-16-21-36(46(35)51-37-22-8-7-9-23-37)29-32-43-48(3,4)45-39-25-14-11-18-34(39)28-31-41(45)50(43)6;1-6-2-4-7(5-3-6)11(8,9)10/h7-15,17-19,22-32H,16,20-21H2,1-6H3;2-5H,1H3,(H,8,9,10)/q+1;/p-1. The Morgan fingerprint density at radius 2 is 1.31 bits per heavy atom. The van der Waals surface area contributed by atoms with Crippen LogP contribution in [-0.4, -0.2) is 37.4 Å². The highest BCUT2D eigenvalue weighted by atomic mass is 32.2. The minimum absolute atomic E-state index is 0.114. The Kier molecular flexibility index (Phi) is 11.5. The highest BCUT2D eigenvalue weighted by Gasteiger charge is 2.44. The SMILES string of the molecule is CN1/C(=C/C=C/C=C2\CCCC(/C=C/C3=[N+](C)c4ccc5ccccc5c4C3(C)C)=C2Oc2ccccc2)C(C)(C)c2c1ccc1ccccc21.Cc1ccc(S(=O)(=O)[O-])cc1. The van der Waals surface area contributed by atoms with E-state index in [9.17, 15) is 13.0 Å². The maximum Gasteiger partial charge on any atom is 0.210 e. The summed E-state index contributed by atoms with van der Waals surface area (Å²) < 4.78 is 40.3. The number of nitrogens with zero attached hydrogens (tertiary/aromatic N) is 2. The Bertz CT molecular complexity index is 3000. The number of anilines is 1. The molecule has 7 heteroatoms. The highest BCUT2D eigenvalue weighted by molar-refractivity contribution is 7.85. The molecule has 0 saturated carbocycles. The third-order valence-electron chi connectivity index (χ3n) is 12.6. The van der Waals surface area contributed by atoms with Crippen LogP contribution in [0.3, 0.4) is 0 Å². The van der Waals surface area contributed by atoms with Crippen molar-refractivity contribution in [2.45, 2.75) is 69.6 Å². The summed E-state index contributed by atoms with van der Waals surface area (Å²) in [5.41, 5.74) is 11.1. The first-order valence-corrected chi connectivity index (χ1v) is 22.7. The Hall–Kier alpha value is -6.28. The van der Waals surface area contributed by atoms with Gasteiger partial charge in [-0.25, -0.2) is 8.42 Å². The molecule has 1 aliphatic carbocycles. The lowest BCUT2D eigenvalue weighted by atomic mass is 9.78. The number of hydrogen-bond acceptors (Lipinski definition) is 5. The maximum atomic E-state index is 10.4. The summed E-state index contributed by atoms with van der Waals surface area (Å²) in [6, 6.07) is 42.5. The van der Waals surface area contributed by atoms with Gasteiger partial charge in [-0.05, 0) is 127 Å². The summed E-state index contributed by atoms with van der Waals surface area (Å²) in [7, 11) is 0.123. The molecule has 6 aromatic carbocycles. The van der Waals surface area contributed by atoms with Gasteiger partial charge in [-0.1, -0.05) is 123 Å². The first-order valence-electron chi connectivity index (χ1n) is 21.3. The zero-order valence-electron chi connectivity index (χ0n) is 36.6. The molecule has 0 atom stereocenters. The molecule has 3 aliphatic rings. The fourth-order valence-corrected chi connectivity index (χ4v) is 10.0. The van der Waals surface area contributed by atoms with Gasteiger partial charge in [0.2, 0.25) is 5.69 Å². The number of aryl methyl sites for hydroxylation is 1. The van der Waals surface area contributed by atoms with Crippen LogP contribution in [0.15, 0.2) is 191 Å². The van der Waals surface area contributed by atoms with Gasteiger partial charge in [-0.2, -0.15) is 4.58 Å². The second-order valence-electron chi connectivity index (χ2n) is 17.5. The quantitative estimate of drug-likeness (QED) is 0.118. The lowest BCUT2D eigenvalue weighted by Gasteiger charge is -2.24. The number of rotatable bonds is 7. The summed E-state index contributed by atoms with van der Waals surface area (Å²) in [5, 5.41) is 5.24. The van der Waals surface area contributed by atoms with Crippen molar-refractivity contribution in [3.63, 3.8) is 0 Å². The van der Waals surface area contributed by atoms with Crippen LogP contribution in [0, 0.1) is 6.92 Å². The third kappa shape index (κ3) is 8.11. The van der Waals surface area contributed by atoms with Gasteiger partial charge in [0.25, 0.3) is 0 Å². The monoisotopic (exact) mass is 838 g/mol. The Labute approximate surface area is 367 Å². The van der Waals surface area contributed by atoms with Gasteiger partial charge in [0.1, 0.15) is 28.7 Å². The molecule has 0 amide bonds. The molecule has 2 heterocycles. The lowest BCUT2D eigenvalue weighted by molar-refractivity contribution is -0.401. The number of benzene rings is 6. The molecule has 9 rings (SSSR count). The molecule has 0 aromatic heterocycles. The molecule has 0 bridgehead atoms. The van der Waals surface area contributed by atoms with E-state index in [4.69, 9.17) is 4.74 Å². The van der Waals surface area contributed by atoms with Crippen LogP contribution in [0.1, 0.15) is 63.6 Å². The summed E-state index contributed by atoms with van der Waals surface area (Å²) in [6.07, 6.45) is 16.6. The molecule has 2 aliphatic heterocycles. The van der Waals surface area contributed by atoms with Crippen molar-refractivity contribution in [1.29, 1.82) is 0 Å². The van der Waals surface area contributed by atoms with Gasteiger partial charge in [-0.3, -0.25) is 0 Å². The van der Waals surface area contributed by atoms with Crippen molar-refractivity contribution in [1.82, 2.24) is 0 Å². The topological polar surface area (TPSA) is 72.7 Å². The van der Waals surface area contributed by atoms with Crippen molar-refractivity contribution in [2.24, 2.45) is 0 Å². The van der Waals surface area contributed by atoms with Crippen LogP contribution < -0.4 is 9.64 Å². The van der Waals surface area contributed by atoms with E-state index in [1.54, 1.807) is 12.1 Å². The molecule has 314 valence electrons. The van der Waals surface area contributed by atoms with Crippen LogP contribution >= 0.6 is 0 Å². The van der Waals surface area contributed by atoms with E-state index in [-0.39, 0.29) is 15.7 Å². The smallest absolute Gasteiger partial charge is 0.210 e. The first kappa shape index (κ1) is 42.4. The van der Waals surface area contributed by atoms with Gasteiger partial charge in [0, 0.05) is 41.6 Å². The van der Waals surface area contributed by atoms with E-state index < -0.39 is 10.1 Å². The van der Waals surface area contributed by atoms with Crippen molar-refractivity contribution in [2.75, 3.05) is 19.0 Å². The van der Waals surface area contributed by atoms with Crippen LogP contribution in [0.25, 0.3) is 21.5 Å². The summed E-state index contributed by atoms with van der Waals surface area (Å²) >= 11 is 0. The zero-order chi connectivity index (χ0) is 43.8. The molecular formula is C55H54N2O4S. The van der Waals surface area contributed by atoms with Crippen molar-refractivity contribution < 1.29 is 22.3 Å². The van der Waals surface area contributed by atoms with Gasteiger partial charge < -0.3 is 14.2 Å². The predicted molar refractivity (Wildman–Crippen MR) is 255 cm³/mol. The molecule has 6 aromatic rings. The van der Waals surface area contributed by atoms with E-state index in [1.165, 1.54) is 78.7 Å². The molecule has 0 fully saturated rings. The summed E-state index contributed by atoms with van der Waals surface area (Å²) in [5.74, 6) is 1.83. The number of hydrogen-bond donors (Lipinski definition) is 0. The second kappa shape index (κ2) is 16.9. The second-order valence-corrected chi connectivity index (χ2v) is 18.8. The molecular weight excluding hydrogens is 785 g/mol. The molecule has 0 N–H and O–H groups in total. The minimum atomic E-state index is -4.27. The number of allylic oxidation sites excluding steroid dienone is 9. The highest BCUT2D eigenvalue weighted by Crippen LogP contribution is 2.50. The average Bonchev–Trinajstić information content (AvgIpc) is 3.58. The maximum absolute atomic E-state index is 10.4. The summed E-state index contributed by atoms with van der Waals surface area (Å²) in [6.45, 7) is 11.2. The van der Waals surface area contributed by atoms with Gasteiger partial charge in [0.05, 0.1) is 10.3 Å².